The third-order valence-electron chi connectivity index (χ3n) is 2.04. The van der Waals surface area contributed by atoms with Gasteiger partial charge in [-0.05, 0) is 25.1 Å². The summed E-state index contributed by atoms with van der Waals surface area (Å²) in [7, 11) is -3.79. The van der Waals surface area contributed by atoms with Gasteiger partial charge in [-0.3, -0.25) is 4.72 Å². The summed E-state index contributed by atoms with van der Waals surface area (Å²) < 4.78 is 39.2. The average molecular weight is 307 g/mol. The van der Waals surface area contributed by atoms with Crippen LogP contribution in [0.3, 0.4) is 0 Å². The van der Waals surface area contributed by atoms with Gasteiger partial charge in [0.1, 0.15) is 5.82 Å². The molecule has 0 saturated carbocycles. The van der Waals surface area contributed by atoms with Crippen molar-refractivity contribution in [3.63, 3.8) is 0 Å². The Hall–Kier alpha value is -1.18. The summed E-state index contributed by atoms with van der Waals surface area (Å²) in [5.74, 6) is -0.666. The van der Waals surface area contributed by atoms with E-state index < -0.39 is 15.8 Å². The van der Waals surface area contributed by atoms with Gasteiger partial charge in [-0.15, -0.1) is 11.3 Å². The van der Waals surface area contributed by atoms with Crippen LogP contribution in [0.2, 0.25) is 5.02 Å². The van der Waals surface area contributed by atoms with Crippen LogP contribution in [0.25, 0.3) is 0 Å². The SMILES string of the molecule is Cc1csc(NS(=O)(=O)c2ccc(F)c(Cl)c2)n1. The molecule has 0 saturated heterocycles. The number of sulfonamides is 1. The number of rotatable bonds is 3. The number of anilines is 1. The molecule has 0 aliphatic heterocycles. The molecule has 18 heavy (non-hydrogen) atoms. The second kappa shape index (κ2) is 4.83. The van der Waals surface area contributed by atoms with Crippen LogP contribution < -0.4 is 4.72 Å². The third-order valence-corrected chi connectivity index (χ3v) is 4.67. The highest BCUT2D eigenvalue weighted by Crippen LogP contribution is 2.23. The predicted octanol–water partition coefficient (Wildman–Crippen LogP) is 3.04. The van der Waals surface area contributed by atoms with Crippen molar-refractivity contribution in [2.24, 2.45) is 0 Å². The van der Waals surface area contributed by atoms with E-state index >= 15 is 0 Å². The van der Waals surface area contributed by atoms with E-state index in [1.54, 1.807) is 12.3 Å². The molecule has 0 aliphatic carbocycles. The number of nitrogens with one attached hydrogen (secondary N) is 1. The topological polar surface area (TPSA) is 59.1 Å². The van der Waals surface area contributed by atoms with Crippen LogP contribution >= 0.6 is 22.9 Å². The van der Waals surface area contributed by atoms with Crippen molar-refractivity contribution >= 4 is 38.1 Å². The van der Waals surface area contributed by atoms with Gasteiger partial charge in [0.25, 0.3) is 10.0 Å². The molecule has 0 unspecified atom stereocenters. The minimum absolute atomic E-state index is 0.109. The van der Waals surface area contributed by atoms with Crippen LogP contribution in [-0.2, 0) is 10.0 Å². The Morgan fingerprint density at radius 2 is 2.17 bits per heavy atom. The largest absolute Gasteiger partial charge is 0.263 e. The zero-order chi connectivity index (χ0) is 13.3. The lowest BCUT2D eigenvalue weighted by atomic mass is 10.3. The number of hydrogen-bond donors (Lipinski definition) is 1. The average Bonchev–Trinajstić information content (AvgIpc) is 2.67. The van der Waals surface area contributed by atoms with E-state index in [9.17, 15) is 12.8 Å². The Kier molecular flexibility index (Phi) is 3.56. The van der Waals surface area contributed by atoms with Gasteiger partial charge < -0.3 is 0 Å². The number of thiazole rings is 1. The Bertz CT molecular complexity index is 685. The van der Waals surface area contributed by atoms with Crippen molar-refractivity contribution in [1.29, 1.82) is 0 Å². The molecular weight excluding hydrogens is 299 g/mol. The van der Waals surface area contributed by atoms with Crippen LogP contribution in [0.5, 0.6) is 0 Å². The molecular formula is C10H8ClFN2O2S2. The van der Waals surface area contributed by atoms with Crippen LogP contribution in [0.1, 0.15) is 5.69 Å². The van der Waals surface area contributed by atoms with Gasteiger partial charge in [0.15, 0.2) is 5.13 Å². The normalized spacial score (nSPS) is 11.5. The number of hydrogen-bond acceptors (Lipinski definition) is 4. The van der Waals surface area contributed by atoms with Crippen LogP contribution in [0, 0.1) is 12.7 Å². The molecule has 0 atom stereocenters. The van der Waals surface area contributed by atoms with Crippen LogP contribution in [-0.4, -0.2) is 13.4 Å². The quantitative estimate of drug-likeness (QED) is 0.948. The number of aromatic nitrogens is 1. The summed E-state index contributed by atoms with van der Waals surface area (Å²) in [6.07, 6.45) is 0. The number of nitrogens with zero attached hydrogens (tertiary/aromatic N) is 1. The lowest BCUT2D eigenvalue weighted by Gasteiger charge is -2.05. The summed E-state index contributed by atoms with van der Waals surface area (Å²) in [5.41, 5.74) is 0.717. The number of benzene rings is 1. The molecule has 0 amide bonds. The van der Waals surface area contributed by atoms with E-state index in [2.05, 4.69) is 9.71 Å². The van der Waals surface area contributed by atoms with Crippen LogP contribution in [0.15, 0.2) is 28.5 Å². The zero-order valence-corrected chi connectivity index (χ0v) is 11.5. The summed E-state index contributed by atoms with van der Waals surface area (Å²) >= 11 is 6.72. The molecule has 2 rings (SSSR count). The third kappa shape index (κ3) is 2.80. The summed E-state index contributed by atoms with van der Waals surface area (Å²) in [6, 6.07) is 3.20. The van der Waals surface area contributed by atoms with Crippen molar-refractivity contribution in [2.45, 2.75) is 11.8 Å². The molecule has 8 heteroatoms. The van der Waals surface area contributed by atoms with Gasteiger partial charge in [0, 0.05) is 5.38 Å². The van der Waals surface area contributed by atoms with Gasteiger partial charge in [-0.2, -0.15) is 0 Å². The fraction of sp³-hybridized carbons (Fsp3) is 0.100. The van der Waals surface area contributed by atoms with Gasteiger partial charge in [0.2, 0.25) is 0 Å². The molecule has 0 aliphatic rings. The lowest BCUT2D eigenvalue weighted by Crippen LogP contribution is -2.12. The minimum Gasteiger partial charge on any atom is -0.255 e. The first-order chi connectivity index (χ1) is 8.38. The first-order valence-corrected chi connectivity index (χ1v) is 7.52. The van der Waals surface area contributed by atoms with E-state index in [1.807, 2.05) is 0 Å². The molecule has 1 heterocycles. The number of aryl methyl sites for hydroxylation is 1. The molecule has 1 N–H and O–H groups in total. The van der Waals surface area contributed by atoms with E-state index in [0.29, 0.717) is 0 Å². The Labute approximate surface area is 112 Å². The molecule has 2 aromatic rings. The lowest BCUT2D eigenvalue weighted by molar-refractivity contribution is 0.599. The predicted molar refractivity (Wildman–Crippen MR) is 69.1 cm³/mol. The van der Waals surface area contributed by atoms with Gasteiger partial charge in [-0.1, -0.05) is 11.6 Å². The van der Waals surface area contributed by atoms with Crippen molar-refractivity contribution in [2.75, 3.05) is 4.72 Å². The highest BCUT2D eigenvalue weighted by atomic mass is 35.5. The second-order valence-electron chi connectivity index (χ2n) is 3.48. The van der Waals surface area contributed by atoms with Gasteiger partial charge in [-0.25, -0.2) is 17.8 Å². The monoisotopic (exact) mass is 306 g/mol. The molecule has 96 valence electrons. The smallest absolute Gasteiger partial charge is 0.255 e. The summed E-state index contributed by atoms with van der Waals surface area (Å²) in [4.78, 5) is 3.87. The van der Waals surface area contributed by atoms with Crippen molar-refractivity contribution < 1.29 is 12.8 Å². The Morgan fingerprint density at radius 1 is 1.44 bits per heavy atom. The highest BCUT2D eigenvalue weighted by molar-refractivity contribution is 7.93. The van der Waals surface area contributed by atoms with Crippen molar-refractivity contribution in [1.82, 2.24) is 4.98 Å². The standard InChI is InChI=1S/C10H8ClFN2O2S2/c1-6-5-17-10(13-6)14-18(15,16)7-2-3-9(12)8(11)4-7/h2-5H,1H3,(H,13,14). The molecule has 1 aromatic heterocycles. The first kappa shape index (κ1) is 13.3. The zero-order valence-electron chi connectivity index (χ0n) is 9.15. The minimum atomic E-state index is -3.79. The van der Waals surface area contributed by atoms with E-state index in [1.165, 1.54) is 11.3 Å². The molecule has 0 fully saturated rings. The molecule has 4 nitrogen and oxygen atoms in total. The molecule has 0 bridgehead atoms. The van der Waals surface area contributed by atoms with Crippen LogP contribution in [0.4, 0.5) is 9.52 Å². The summed E-state index contributed by atoms with van der Waals surface area (Å²) in [6.45, 7) is 1.75. The van der Waals surface area contributed by atoms with Crippen molar-refractivity contribution in [3.8, 4) is 0 Å². The highest BCUT2D eigenvalue weighted by Gasteiger charge is 2.17. The van der Waals surface area contributed by atoms with Crippen molar-refractivity contribution in [3.05, 3.63) is 40.1 Å². The maximum atomic E-state index is 13.0. The maximum Gasteiger partial charge on any atom is 0.263 e. The van der Waals surface area contributed by atoms with Gasteiger partial charge in [0.05, 0.1) is 15.6 Å². The Morgan fingerprint density at radius 3 is 2.72 bits per heavy atom. The summed E-state index contributed by atoms with van der Waals surface area (Å²) in [5, 5.41) is 1.73. The van der Waals surface area contributed by atoms with E-state index in [-0.39, 0.29) is 15.0 Å². The Balaban J connectivity index is 2.33. The fourth-order valence-corrected chi connectivity index (χ4v) is 3.43. The van der Waals surface area contributed by atoms with E-state index in [4.69, 9.17) is 11.6 Å². The van der Waals surface area contributed by atoms with Gasteiger partial charge >= 0.3 is 0 Å². The second-order valence-corrected chi connectivity index (χ2v) is 6.42. The van der Waals surface area contributed by atoms with E-state index in [0.717, 1.165) is 23.9 Å². The maximum absolute atomic E-state index is 13.0. The first-order valence-electron chi connectivity index (χ1n) is 4.78. The molecule has 0 radical (unpaired) electrons. The fourth-order valence-electron chi connectivity index (χ4n) is 1.22. The number of halogens is 2. The molecule has 0 spiro atoms. The molecule has 1 aromatic carbocycles.